The Labute approximate surface area is 123 Å². The summed E-state index contributed by atoms with van der Waals surface area (Å²) in [5.74, 6) is 0.704. The molecule has 0 amide bonds. The molecule has 0 bridgehead atoms. The van der Waals surface area contributed by atoms with Crippen LogP contribution in [0.15, 0.2) is 46.9 Å². The molecule has 1 aromatic heterocycles. The molecule has 1 heterocycles. The molecule has 0 radical (unpaired) electrons. The van der Waals surface area contributed by atoms with Gasteiger partial charge in [0, 0.05) is 23.2 Å². The van der Waals surface area contributed by atoms with Crippen molar-refractivity contribution in [3.05, 3.63) is 57.1 Å². The molecule has 0 saturated heterocycles. The summed E-state index contributed by atoms with van der Waals surface area (Å²) in [6, 6.07) is 12.8. The number of aryl methyl sites for hydroxylation is 1. The van der Waals surface area contributed by atoms with Crippen LogP contribution >= 0.6 is 15.9 Å². The molecule has 0 aliphatic rings. The lowest BCUT2D eigenvalue weighted by Gasteiger charge is -2.02. The summed E-state index contributed by atoms with van der Waals surface area (Å²) in [7, 11) is 1.85. The quantitative estimate of drug-likeness (QED) is 0.528. The lowest BCUT2D eigenvalue weighted by molar-refractivity contribution is -0.383. The maximum Gasteiger partial charge on any atom is 0.297 e. The Morgan fingerprint density at radius 3 is 2.55 bits per heavy atom. The zero-order chi connectivity index (χ0) is 14.3. The van der Waals surface area contributed by atoms with Crippen molar-refractivity contribution in [2.75, 3.05) is 0 Å². The van der Waals surface area contributed by atoms with Gasteiger partial charge in [0.2, 0.25) is 0 Å². The number of hydrogen-bond acceptors (Lipinski definition) is 3. The Balaban J connectivity index is 2.38. The molecule has 0 saturated carbocycles. The molecule has 0 unspecified atom stereocenters. The Kier molecular flexibility index (Phi) is 3.02. The third kappa shape index (κ3) is 1.89. The molecule has 0 aliphatic heterocycles. The van der Waals surface area contributed by atoms with E-state index >= 15 is 0 Å². The van der Waals surface area contributed by atoms with Crippen LogP contribution in [0.2, 0.25) is 0 Å². The van der Waals surface area contributed by atoms with Gasteiger partial charge in [-0.1, -0.05) is 30.3 Å². The van der Waals surface area contributed by atoms with Crippen molar-refractivity contribution in [1.29, 1.82) is 0 Å². The highest BCUT2D eigenvalue weighted by molar-refractivity contribution is 9.10. The lowest BCUT2D eigenvalue weighted by atomic mass is 10.2. The molecule has 0 aliphatic carbocycles. The van der Waals surface area contributed by atoms with Crippen LogP contribution in [0.25, 0.3) is 22.4 Å². The first-order valence-corrected chi connectivity index (χ1v) is 6.73. The van der Waals surface area contributed by atoms with Gasteiger partial charge in [0.1, 0.15) is 5.82 Å². The number of rotatable bonds is 2. The topological polar surface area (TPSA) is 61.0 Å². The van der Waals surface area contributed by atoms with Crippen LogP contribution in [0.5, 0.6) is 0 Å². The number of fused-ring (bicyclic) bond motifs is 1. The molecule has 0 fully saturated rings. The van der Waals surface area contributed by atoms with Gasteiger partial charge < -0.3 is 4.57 Å². The Bertz CT molecular complexity index is 812. The van der Waals surface area contributed by atoms with Crippen molar-refractivity contribution in [1.82, 2.24) is 9.55 Å². The van der Waals surface area contributed by atoms with E-state index in [2.05, 4.69) is 20.9 Å². The second kappa shape index (κ2) is 4.72. The molecule has 0 spiro atoms. The maximum atomic E-state index is 11.1. The molecule has 5 nitrogen and oxygen atoms in total. The largest absolute Gasteiger partial charge is 0.326 e. The highest BCUT2D eigenvalue weighted by Gasteiger charge is 2.20. The Morgan fingerprint density at radius 2 is 1.90 bits per heavy atom. The molecule has 3 aromatic rings. The molecule has 6 heteroatoms. The van der Waals surface area contributed by atoms with Crippen molar-refractivity contribution in [3.8, 4) is 11.4 Å². The van der Waals surface area contributed by atoms with E-state index in [0.29, 0.717) is 11.3 Å². The molecule has 3 rings (SSSR count). The number of halogens is 1. The molecular formula is C14H10BrN3O2. The summed E-state index contributed by atoms with van der Waals surface area (Å²) in [6.07, 6.45) is 0. The molecule has 0 N–H and O–H groups in total. The van der Waals surface area contributed by atoms with Gasteiger partial charge in [0.15, 0.2) is 5.52 Å². The lowest BCUT2D eigenvalue weighted by Crippen LogP contribution is -1.93. The van der Waals surface area contributed by atoms with E-state index in [0.717, 1.165) is 15.6 Å². The van der Waals surface area contributed by atoms with Crippen LogP contribution in [0.3, 0.4) is 0 Å². The van der Waals surface area contributed by atoms with E-state index in [1.807, 2.05) is 41.9 Å². The second-order valence-corrected chi connectivity index (χ2v) is 5.24. The fraction of sp³-hybridized carbons (Fsp3) is 0.0714. The molecule has 100 valence electrons. The summed E-state index contributed by atoms with van der Waals surface area (Å²) in [5.41, 5.74) is 2.05. The summed E-state index contributed by atoms with van der Waals surface area (Å²) in [5, 5.41) is 11.1. The van der Waals surface area contributed by atoms with Crippen molar-refractivity contribution < 1.29 is 4.92 Å². The van der Waals surface area contributed by atoms with E-state index in [4.69, 9.17) is 0 Å². The molecule has 2 aromatic carbocycles. The van der Waals surface area contributed by atoms with E-state index in [9.17, 15) is 10.1 Å². The van der Waals surface area contributed by atoms with Crippen molar-refractivity contribution in [2.24, 2.45) is 7.05 Å². The fourth-order valence-corrected chi connectivity index (χ4v) is 2.84. The first-order chi connectivity index (χ1) is 9.59. The van der Waals surface area contributed by atoms with Gasteiger partial charge in [0.25, 0.3) is 5.69 Å². The normalized spacial score (nSPS) is 10.9. The highest BCUT2D eigenvalue weighted by atomic mass is 79.9. The predicted molar refractivity (Wildman–Crippen MR) is 80.5 cm³/mol. The highest BCUT2D eigenvalue weighted by Crippen LogP contribution is 2.34. The van der Waals surface area contributed by atoms with Crippen LogP contribution in [-0.4, -0.2) is 14.5 Å². The molecule has 0 atom stereocenters. The van der Waals surface area contributed by atoms with E-state index < -0.39 is 4.92 Å². The van der Waals surface area contributed by atoms with Gasteiger partial charge in [-0.2, -0.15) is 0 Å². The number of aromatic nitrogens is 2. The third-order valence-corrected chi connectivity index (χ3v) is 3.82. The van der Waals surface area contributed by atoms with Crippen molar-refractivity contribution in [3.63, 3.8) is 0 Å². The number of nitro groups is 1. The summed E-state index contributed by atoms with van der Waals surface area (Å²) in [6.45, 7) is 0. The van der Waals surface area contributed by atoms with Crippen LogP contribution in [0.4, 0.5) is 5.69 Å². The van der Waals surface area contributed by atoms with Gasteiger partial charge >= 0.3 is 0 Å². The summed E-state index contributed by atoms with van der Waals surface area (Å²) >= 11 is 3.43. The zero-order valence-corrected chi connectivity index (χ0v) is 12.2. The number of benzene rings is 2. The van der Waals surface area contributed by atoms with Crippen LogP contribution in [0.1, 0.15) is 0 Å². The monoisotopic (exact) mass is 331 g/mol. The fourth-order valence-electron chi connectivity index (χ4n) is 2.25. The first-order valence-electron chi connectivity index (χ1n) is 5.94. The molecule has 20 heavy (non-hydrogen) atoms. The van der Waals surface area contributed by atoms with Gasteiger partial charge in [-0.3, -0.25) is 10.1 Å². The molecular weight excluding hydrogens is 322 g/mol. The first kappa shape index (κ1) is 12.8. The maximum absolute atomic E-state index is 11.1. The van der Waals surface area contributed by atoms with Gasteiger partial charge in [-0.25, -0.2) is 4.98 Å². The Morgan fingerprint density at radius 1 is 1.20 bits per heavy atom. The number of hydrogen-bond donors (Lipinski definition) is 0. The second-order valence-electron chi connectivity index (χ2n) is 4.38. The zero-order valence-electron chi connectivity index (χ0n) is 10.6. The van der Waals surface area contributed by atoms with E-state index in [1.165, 1.54) is 6.07 Å². The standard InChI is InChI=1S/C14H10BrN3O2/c1-17-13-10(15)7-8-11(18(19)20)12(13)16-14(17)9-5-3-2-4-6-9/h2-8H,1H3. The number of nitrogens with zero attached hydrogens (tertiary/aromatic N) is 3. The van der Waals surface area contributed by atoms with E-state index in [-0.39, 0.29) is 5.69 Å². The minimum Gasteiger partial charge on any atom is -0.326 e. The van der Waals surface area contributed by atoms with Gasteiger partial charge in [-0.15, -0.1) is 0 Å². The van der Waals surface area contributed by atoms with E-state index in [1.54, 1.807) is 6.07 Å². The SMILES string of the molecule is Cn1c(-c2ccccc2)nc2c([N+](=O)[O-])ccc(Br)c21. The summed E-state index contributed by atoms with van der Waals surface area (Å²) < 4.78 is 2.65. The Hall–Kier alpha value is -2.21. The predicted octanol–water partition coefficient (Wildman–Crippen LogP) is 3.91. The van der Waals surface area contributed by atoms with Crippen LogP contribution < -0.4 is 0 Å². The number of nitro benzene ring substituents is 1. The number of imidazole rings is 1. The van der Waals surface area contributed by atoms with Crippen molar-refractivity contribution >= 4 is 32.7 Å². The summed E-state index contributed by atoms with van der Waals surface area (Å²) in [4.78, 5) is 15.2. The minimum atomic E-state index is -0.406. The number of non-ortho nitro benzene ring substituents is 1. The van der Waals surface area contributed by atoms with Crippen molar-refractivity contribution in [2.45, 2.75) is 0 Å². The smallest absolute Gasteiger partial charge is 0.297 e. The third-order valence-electron chi connectivity index (χ3n) is 3.18. The average Bonchev–Trinajstić information content (AvgIpc) is 2.78. The van der Waals surface area contributed by atoms with Crippen LogP contribution in [0, 0.1) is 10.1 Å². The van der Waals surface area contributed by atoms with Crippen LogP contribution in [-0.2, 0) is 7.05 Å². The van der Waals surface area contributed by atoms with Gasteiger partial charge in [0.05, 0.1) is 10.4 Å². The average molecular weight is 332 g/mol. The minimum absolute atomic E-state index is 0.0148. The van der Waals surface area contributed by atoms with Gasteiger partial charge in [-0.05, 0) is 22.0 Å².